The first kappa shape index (κ1) is 11.2. The highest BCUT2D eigenvalue weighted by Gasteiger charge is 1.97. The van der Waals surface area contributed by atoms with Crippen molar-refractivity contribution in [3.05, 3.63) is 27.5 Å². The van der Waals surface area contributed by atoms with Gasteiger partial charge in [-0.2, -0.15) is 0 Å². The second-order valence-electron chi connectivity index (χ2n) is 3.41. The number of carbonyl (C=O) groups is 1. The molecule has 2 heteroatoms. The fourth-order valence-corrected chi connectivity index (χ4v) is 2.28. The summed E-state index contributed by atoms with van der Waals surface area (Å²) < 4.78 is 0. The molecule has 1 aromatic rings. The average Bonchev–Trinajstić information content (AvgIpc) is 2.62. The van der Waals surface area contributed by atoms with E-state index in [1.807, 2.05) is 13.0 Å². The van der Waals surface area contributed by atoms with Crippen molar-refractivity contribution in [2.75, 3.05) is 0 Å². The van der Waals surface area contributed by atoms with Crippen LogP contribution in [0.3, 0.4) is 0 Å². The summed E-state index contributed by atoms with van der Waals surface area (Å²) in [6.07, 6.45) is 6.47. The van der Waals surface area contributed by atoms with Gasteiger partial charge >= 0.3 is 0 Å². The molecule has 0 fully saturated rings. The van der Waals surface area contributed by atoms with Gasteiger partial charge in [0.25, 0.3) is 0 Å². The molecule has 14 heavy (non-hydrogen) atoms. The zero-order valence-electron chi connectivity index (χ0n) is 8.75. The monoisotopic (exact) mass is 208 g/mol. The van der Waals surface area contributed by atoms with Crippen molar-refractivity contribution in [1.29, 1.82) is 0 Å². The van der Waals surface area contributed by atoms with Crippen molar-refractivity contribution >= 4 is 23.7 Å². The number of allylic oxidation sites excluding steroid dienone is 1. The van der Waals surface area contributed by atoms with Gasteiger partial charge in [0.15, 0.2) is 0 Å². The third-order valence-electron chi connectivity index (χ3n) is 2.01. The number of aldehydes is 1. The lowest BCUT2D eigenvalue weighted by molar-refractivity contribution is -0.104. The maximum Gasteiger partial charge on any atom is 0.145 e. The van der Waals surface area contributed by atoms with Crippen LogP contribution in [-0.4, -0.2) is 6.29 Å². The SMILES string of the molecule is CCCCc1ccc(/C=C(\C)C=O)s1. The van der Waals surface area contributed by atoms with Gasteiger partial charge in [0.2, 0.25) is 0 Å². The molecule has 0 aliphatic heterocycles. The fraction of sp³-hybridized carbons (Fsp3) is 0.417. The molecule has 0 aliphatic carbocycles. The average molecular weight is 208 g/mol. The molecule has 1 heterocycles. The van der Waals surface area contributed by atoms with Crippen molar-refractivity contribution in [1.82, 2.24) is 0 Å². The molecule has 1 rings (SSSR count). The molecular formula is C12H16OS. The predicted octanol–water partition coefficient (Wildman–Crippen LogP) is 3.69. The first-order valence-corrected chi connectivity index (χ1v) is 5.80. The maximum atomic E-state index is 10.4. The molecule has 0 unspecified atom stereocenters. The van der Waals surface area contributed by atoms with E-state index in [1.54, 1.807) is 11.3 Å². The lowest BCUT2D eigenvalue weighted by Gasteiger charge is -1.92. The van der Waals surface area contributed by atoms with E-state index < -0.39 is 0 Å². The summed E-state index contributed by atoms with van der Waals surface area (Å²) in [4.78, 5) is 13.0. The molecule has 0 atom stereocenters. The topological polar surface area (TPSA) is 17.1 Å². The van der Waals surface area contributed by atoms with Crippen molar-refractivity contribution in [3.63, 3.8) is 0 Å². The third kappa shape index (κ3) is 3.46. The number of hydrogen-bond donors (Lipinski definition) is 0. The Labute approximate surface area is 89.5 Å². The normalized spacial score (nSPS) is 11.7. The van der Waals surface area contributed by atoms with Crippen LogP contribution in [-0.2, 0) is 11.2 Å². The minimum absolute atomic E-state index is 0.786. The Morgan fingerprint density at radius 3 is 2.93 bits per heavy atom. The van der Waals surface area contributed by atoms with Gasteiger partial charge in [-0.3, -0.25) is 4.79 Å². The summed E-state index contributed by atoms with van der Waals surface area (Å²) in [6, 6.07) is 4.24. The number of aryl methyl sites for hydroxylation is 1. The van der Waals surface area contributed by atoms with Gasteiger partial charge in [-0.05, 0) is 43.5 Å². The van der Waals surface area contributed by atoms with Gasteiger partial charge in [0.05, 0.1) is 0 Å². The summed E-state index contributed by atoms with van der Waals surface area (Å²) in [5.41, 5.74) is 0.786. The van der Waals surface area contributed by atoms with Gasteiger partial charge in [0.1, 0.15) is 6.29 Å². The van der Waals surface area contributed by atoms with Crippen LogP contribution >= 0.6 is 11.3 Å². The van der Waals surface area contributed by atoms with Gasteiger partial charge in [0, 0.05) is 9.75 Å². The van der Waals surface area contributed by atoms with E-state index in [4.69, 9.17) is 0 Å². The molecule has 0 radical (unpaired) electrons. The van der Waals surface area contributed by atoms with Gasteiger partial charge in [-0.25, -0.2) is 0 Å². The first-order valence-electron chi connectivity index (χ1n) is 4.98. The van der Waals surface area contributed by atoms with E-state index in [0.717, 1.165) is 18.3 Å². The number of rotatable bonds is 5. The number of hydrogen-bond acceptors (Lipinski definition) is 2. The Balaban J connectivity index is 2.63. The summed E-state index contributed by atoms with van der Waals surface area (Å²) in [7, 11) is 0. The molecule has 76 valence electrons. The van der Waals surface area contributed by atoms with Crippen LogP contribution in [0.1, 0.15) is 36.4 Å². The van der Waals surface area contributed by atoms with E-state index in [2.05, 4.69) is 19.1 Å². The van der Waals surface area contributed by atoms with Crippen LogP contribution in [0.5, 0.6) is 0 Å². The first-order chi connectivity index (χ1) is 6.76. The van der Waals surface area contributed by atoms with Crippen LogP contribution in [0, 0.1) is 0 Å². The predicted molar refractivity (Wildman–Crippen MR) is 62.6 cm³/mol. The van der Waals surface area contributed by atoms with E-state index in [-0.39, 0.29) is 0 Å². The molecular weight excluding hydrogens is 192 g/mol. The quantitative estimate of drug-likeness (QED) is 0.532. The van der Waals surface area contributed by atoms with Crippen molar-refractivity contribution in [2.24, 2.45) is 0 Å². The molecule has 0 saturated heterocycles. The maximum absolute atomic E-state index is 10.4. The lowest BCUT2D eigenvalue weighted by atomic mass is 10.2. The Bertz CT molecular complexity index is 323. The largest absolute Gasteiger partial charge is 0.298 e. The molecule has 0 N–H and O–H groups in total. The van der Waals surface area contributed by atoms with Crippen LogP contribution < -0.4 is 0 Å². The molecule has 0 spiro atoms. The zero-order valence-corrected chi connectivity index (χ0v) is 9.56. The van der Waals surface area contributed by atoms with Crippen molar-refractivity contribution in [3.8, 4) is 0 Å². The van der Waals surface area contributed by atoms with E-state index >= 15 is 0 Å². The summed E-state index contributed by atoms with van der Waals surface area (Å²) in [5.74, 6) is 0. The second-order valence-corrected chi connectivity index (χ2v) is 4.61. The smallest absolute Gasteiger partial charge is 0.145 e. The van der Waals surface area contributed by atoms with Gasteiger partial charge in [-0.15, -0.1) is 11.3 Å². The summed E-state index contributed by atoms with van der Waals surface area (Å²) >= 11 is 1.78. The molecule has 1 nitrogen and oxygen atoms in total. The minimum atomic E-state index is 0.786. The second kappa shape index (κ2) is 5.76. The molecule has 0 aromatic carbocycles. The van der Waals surface area contributed by atoms with Crippen LogP contribution in [0.25, 0.3) is 6.08 Å². The standard InChI is InChI=1S/C12H16OS/c1-3-4-5-11-6-7-12(14-11)8-10(2)9-13/h6-9H,3-5H2,1-2H3/b10-8+. The fourth-order valence-electron chi connectivity index (χ4n) is 1.22. The van der Waals surface area contributed by atoms with Crippen molar-refractivity contribution in [2.45, 2.75) is 33.1 Å². The Hall–Kier alpha value is -0.890. The van der Waals surface area contributed by atoms with Crippen LogP contribution in [0.4, 0.5) is 0 Å². The Morgan fingerprint density at radius 2 is 2.29 bits per heavy atom. The highest BCUT2D eigenvalue weighted by atomic mass is 32.1. The van der Waals surface area contributed by atoms with Gasteiger partial charge < -0.3 is 0 Å². The highest BCUT2D eigenvalue weighted by molar-refractivity contribution is 7.12. The highest BCUT2D eigenvalue weighted by Crippen LogP contribution is 2.20. The van der Waals surface area contributed by atoms with Gasteiger partial charge in [-0.1, -0.05) is 13.3 Å². The van der Waals surface area contributed by atoms with Crippen LogP contribution in [0.15, 0.2) is 17.7 Å². The molecule has 0 saturated carbocycles. The lowest BCUT2D eigenvalue weighted by Crippen LogP contribution is -1.76. The third-order valence-corrected chi connectivity index (χ3v) is 3.11. The number of thiophene rings is 1. The number of unbranched alkanes of at least 4 members (excludes halogenated alkanes) is 1. The van der Waals surface area contributed by atoms with Crippen LogP contribution in [0.2, 0.25) is 0 Å². The van der Waals surface area contributed by atoms with E-state index in [9.17, 15) is 4.79 Å². The van der Waals surface area contributed by atoms with E-state index in [1.165, 1.54) is 22.6 Å². The molecule has 0 amide bonds. The molecule has 0 bridgehead atoms. The molecule has 1 aromatic heterocycles. The Kier molecular flexibility index (Phi) is 4.60. The summed E-state index contributed by atoms with van der Waals surface area (Å²) in [6.45, 7) is 4.03. The zero-order chi connectivity index (χ0) is 10.4. The molecule has 0 aliphatic rings. The number of carbonyl (C=O) groups excluding carboxylic acids is 1. The van der Waals surface area contributed by atoms with E-state index in [0.29, 0.717) is 0 Å². The van der Waals surface area contributed by atoms with Crippen molar-refractivity contribution < 1.29 is 4.79 Å². The summed E-state index contributed by atoms with van der Waals surface area (Å²) in [5, 5.41) is 0. The minimum Gasteiger partial charge on any atom is -0.298 e. The Morgan fingerprint density at radius 1 is 1.50 bits per heavy atom.